The van der Waals surface area contributed by atoms with Crippen LogP contribution in [0.3, 0.4) is 0 Å². The lowest BCUT2D eigenvalue weighted by Gasteiger charge is -2.22. The molecule has 1 rings (SSSR count). The molecule has 0 amide bonds. The van der Waals surface area contributed by atoms with Crippen LogP contribution in [-0.2, 0) is 25.6 Å². The summed E-state index contributed by atoms with van der Waals surface area (Å²) in [4.78, 5) is 32.9. The second-order valence-corrected chi connectivity index (χ2v) is 20.0. The number of rotatable bonds is 48. The summed E-state index contributed by atoms with van der Waals surface area (Å²) >= 11 is 0. The van der Waals surface area contributed by atoms with Gasteiger partial charge in [0, 0.05) is 18.9 Å². The maximum atomic E-state index is 13.0. The Labute approximate surface area is 392 Å². The van der Waals surface area contributed by atoms with E-state index in [0.29, 0.717) is 25.0 Å². The zero-order valence-electron chi connectivity index (χ0n) is 43.0. The van der Waals surface area contributed by atoms with E-state index in [9.17, 15) is 9.59 Å². The summed E-state index contributed by atoms with van der Waals surface area (Å²) in [5.74, 6) is 1.07. The molecule has 0 aromatic carbocycles. The van der Waals surface area contributed by atoms with E-state index in [0.717, 1.165) is 58.3 Å². The lowest BCUT2D eigenvalue weighted by molar-refractivity contribution is -0.150. The van der Waals surface area contributed by atoms with E-state index in [2.05, 4.69) is 62.2 Å². The molecule has 0 bridgehead atoms. The molecule has 0 N–H and O–H groups in total. The van der Waals surface area contributed by atoms with Crippen molar-refractivity contribution in [1.29, 1.82) is 0 Å². The fourth-order valence-corrected chi connectivity index (χ4v) is 9.20. The molecule has 370 valence electrons. The zero-order chi connectivity index (χ0) is 45.9. The van der Waals surface area contributed by atoms with Crippen molar-refractivity contribution < 1.29 is 19.1 Å². The molecule has 1 aromatic heterocycles. The number of ether oxygens (including phenoxy) is 2. The first-order valence-corrected chi connectivity index (χ1v) is 27.9. The van der Waals surface area contributed by atoms with E-state index >= 15 is 0 Å². The molecule has 1 heterocycles. The number of aryl methyl sites for hydroxylation is 1. The van der Waals surface area contributed by atoms with Crippen LogP contribution in [0.2, 0.25) is 0 Å². The van der Waals surface area contributed by atoms with Crippen molar-refractivity contribution >= 4 is 11.9 Å². The first kappa shape index (κ1) is 59.1. The van der Waals surface area contributed by atoms with E-state index in [1.165, 1.54) is 193 Å². The molecule has 1 aromatic rings. The van der Waals surface area contributed by atoms with Gasteiger partial charge in [0.2, 0.25) is 0 Å². The van der Waals surface area contributed by atoms with Crippen LogP contribution in [-0.4, -0.2) is 59.2 Å². The molecule has 0 aliphatic carbocycles. The topological polar surface area (TPSA) is 73.7 Å². The van der Waals surface area contributed by atoms with Crippen LogP contribution in [0.25, 0.3) is 0 Å². The number of carbonyl (C=O) groups is 2. The van der Waals surface area contributed by atoms with Crippen LogP contribution in [0.1, 0.15) is 266 Å². The van der Waals surface area contributed by atoms with Crippen molar-refractivity contribution in [1.82, 2.24) is 14.5 Å². The van der Waals surface area contributed by atoms with Gasteiger partial charge in [-0.05, 0) is 89.3 Å². The molecule has 63 heavy (non-hydrogen) atoms. The van der Waals surface area contributed by atoms with Gasteiger partial charge in [-0.1, -0.05) is 208 Å². The number of esters is 2. The minimum absolute atomic E-state index is 0.00904. The third kappa shape index (κ3) is 36.0. The molecule has 2 atom stereocenters. The molecule has 2 unspecified atom stereocenters. The Balaban J connectivity index is 2.40. The quantitative estimate of drug-likeness (QED) is 0.0479. The highest BCUT2D eigenvalue weighted by Gasteiger charge is 2.19. The molecule has 0 spiro atoms. The van der Waals surface area contributed by atoms with Crippen molar-refractivity contribution in [3.05, 3.63) is 18.7 Å². The highest BCUT2D eigenvalue weighted by atomic mass is 16.5. The summed E-state index contributed by atoms with van der Waals surface area (Å²) in [7, 11) is 0. The van der Waals surface area contributed by atoms with Crippen molar-refractivity contribution in [2.45, 2.75) is 273 Å². The van der Waals surface area contributed by atoms with Gasteiger partial charge >= 0.3 is 11.9 Å². The average molecular weight is 886 g/mol. The maximum absolute atomic E-state index is 13.0. The Bertz CT molecular complexity index is 1020. The Morgan fingerprint density at radius 1 is 0.460 bits per heavy atom. The normalized spacial score (nSPS) is 12.8. The fourth-order valence-electron chi connectivity index (χ4n) is 9.20. The molecular formula is C56H107N3O4. The predicted molar refractivity (Wildman–Crippen MR) is 270 cm³/mol. The lowest BCUT2D eigenvalue weighted by atomic mass is 9.95. The third-order valence-corrected chi connectivity index (χ3v) is 13.8. The lowest BCUT2D eigenvalue weighted by Crippen LogP contribution is -2.28. The van der Waals surface area contributed by atoms with Crippen LogP contribution in [0.15, 0.2) is 18.7 Å². The highest BCUT2D eigenvalue weighted by molar-refractivity contribution is 5.72. The number of nitrogens with zero attached hydrogens (tertiary/aromatic N) is 3. The number of carbonyl (C=O) groups excluding carboxylic acids is 2. The Hall–Kier alpha value is -1.89. The molecule has 0 aliphatic rings. The summed E-state index contributed by atoms with van der Waals surface area (Å²) in [5, 5.41) is 0. The first-order chi connectivity index (χ1) is 30.8. The second-order valence-electron chi connectivity index (χ2n) is 20.0. The van der Waals surface area contributed by atoms with Crippen molar-refractivity contribution in [3.8, 4) is 0 Å². The number of aromatic nitrogens is 2. The molecule has 7 nitrogen and oxygen atoms in total. The molecule has 7 heteroatoms. The third-order valence-electron chi connectivity index (χ3n) is 13.8. The number of hydrogen-bond donors (Lipinski definition) is 0. The van der Waals surface area contributed by atoms with Gasteiger partial charge in [0.25, 0.3) is 0 Å². The highest BCUT2D eigenvalue weighted by Crippen LogP contribution is 2.23. The standard InChI is InChI=1S/C56H107N3O4/c1-7-11-15-19-29-38-53(39-30-20-16-12-8-2)48-62-55(60)51(5)36-27-23-25-33-43-58(45-35-46-59-47-42-57-50-59)44-34-26-24-28-37-52(6)56(61)63-49-54(40-31-21-17-13-9-3)41-32-22-18-14-10-4/h42,47,50-54H,7-41,43-46,48-49H2,1-6H3. The summed E-state index contributed by atoms with van der Waals surface area (Å²) < 4.78 is 14.1. The average Bonchev–Trinajstić information content (AvgIpc) is 3.81. The van der Waals surface area contributed by atoms with Crippen LogP contribution in [0, 0.1) is 23.7 Å². The predicted octanol–water partition coefficient (Wildman–Crippen LogP) is 16.5. The van der Waals surface area contributed by atoms with Gasteiger partial charge in [0.15, 0.2) is 0 Å². The summed E-state index contributed by atoms with van der Waals surface area (Å²) in [5.41, 5.74) is 0. The second kappa shape index (κ2) is 44.0. The Kier molecular flexibility index (Phi) is 41.3. The van der Waals surface area contributed by atoms with Gasteiger partial charge in [-0.2, -0.15) is 0 Å². The molecule has 0 radical (unpaired) electrons. The van der Waals surface area contributed by atoms with Crippen LogP contribution in [0.5, 0.6) is 0 Å². The molecular weight excluding hydrogens is 779 g/mol. The number of hydrogen-bond acceptors (Lipinski definition) is 6. The Morgan fingerprint density at radius 3 is 1.14 bits per heavy atom. The van der Waals surface area contributed by atoms with Crippen molar-refractivity contribution in [2.24, 2.45) is 23.7 Å². The van der Waals surface area contributed by atoms with E-state index < -0.39 is 0 Å². The van der Waals surface area contributed by atoms with E-state index in [1.54, 1.807) is 0 Å². The molecule has 0 aliphatic heterocycles. The molecule has 0 fully saturated rings. The van der Waals surface area contributed by atoms with E-state index in [4.69, 9.17) is 9.47 Å². The van der Waals surface area contributed by atoms with Gasteiger partial charge in [0.05, 0.1) is 31.4 Å². The SMILES string of the molecule is CCCCCCCC(CCCCCCC)COC(=O)C(C)CCCCCCN(CCCCCCC(C)C(=O)OCC(CCCCCCC)CCCCCCC)CCCn1ccnc1. The summed E-state index contributed by atoms with van der Waals surface area (Å²) in [6.07, 6.45) is 49.2. The Morgan fingerprint density at radius 2 is 0.794 bits per heavy atom. The first-order valence-electron chi connectivity index (χ1n) is 27.9. The van der Waals surface area contributed by atoms with Crippen LogP contribution >= 0.6 is 0 Å². The molecule has 0 saturated carbocycles. The van der Waals surface area contributed by atoms with Crippen LogP contribution < -0.4 is 0 Å². The largest absolute Gasteiger partial charge is 0.465 e. The number of imidazole rings is 1. The van der Waals surface area contributed by atoms with Gasteiger partial charge in [-0.25, -0.2) is 4.98 Å². The zero-order valence-corrected chi connectivity index (χ0v) is 43.0. The fraction of sp³-hybridized carbons (Fsp3) is 0.911. The van der Waals surface area contributed by atoms with Gasteiger partial charge in [-0.3, -0.25) is 9.59 Å². The van der Waals surface area contributed by atoms with E-state index in [1.807, 2.05) is 12.5 Å². The maximum Gasteiger partial charge on any atom is 0.308 e. The minimum atomic E-state index is -0.00904. The minimum Gasteiger partial charge on any atom is -0.465 e. The summed E-state index contributed by atoms with van der Waals surface area (Å²) in [6.45, 7) is 18.9. The monoisotopic (exact) mass is 886 g/mol. The van der Waals surface area contributed by atoms with Gasteiger partial charge in [0.1, 0.15) is 0 Å². The van der Waals surface area contributed by atoms with Crippen molar-refractivity contribution in [3.63, 3.8) is 0 Å². The van der Waals surface area contributed by atoms with Gasteiger partial charge < -0.3 is 18.9 Å². The smallest absolute Gasteiger partial charge is 0.308 e. The van der Waals surface area contributed by atoms with Gasteiger partial charge in [-0.15, -0.1) is 0 Å². The number of unbranched alkanes of at least 4 members (excludes halogenated alkanes) is 22. The van der Waals surface area contributed by atoms with Crippen LogP contribution in [0.4, 0.5) is 0 Å². The van der Waals surface area contributed by atoms with Crippen molar-refractivity contribution in [2.75, 3.05) is 32.8 Å². The summed E-state index contributed by atoms with van der Waals surface area (Å²) in [6, 6.07) is 0. The molecule has 0 saturated heterocycles. The van der Waals surface area contributed by atoms with E-state index in [-0.39, 0.29) is 23.8 Å².